The molecule has 1 N–H and O–H groups in total. The monoisotopic (exact) mass is 207 g/mol. The van der Waals surface area contributed by atoms with Gasteiger partial charge in [0.25, 0.3) is 0 Å². The predicted molar refractivity (Wildman–Crippen MR) is 62.5 cm³/mol. The van der Waals surface area contributed by atoms with Gasteiger partial charge in [-0.25, -0.2) is 9.97 Å². The summed E-state index contributed by atoms with van der Waals surface area (Å²) in [5, 5.41) is 3.47. The van der Waals surface area contributed by atoms with Gasteiger partial charge in [0, 0.05) is 18.8 Å². The first-order valence-corrected chi connectivity index (χ1v) is 5.81. The minimum atomic E-state index is 0.575. The Balaban J connectivity index is 2.14. The molecule has 0 saturated heterocycles. The van der Waals surface area contributed by atoms with Gasteiger partial charge in [0.05, 0.1) is 5.69 Å². The highest BCUT2D eigenvalue weighted by atomic mass is 14.9. The maximum Gasteiger partial charge on any atom is 0.115 e. The summed E-state index contributed by atoms with van der Waals surface area (Å²) < 4.78 is 0. The summed E-state index contributed by atoms with van der Waals surface area (Å²) in [6, 6.07) is 2.53. The van der Waals surface area contributed by atoms with E-state index in [1.165, 1.54) is 25.7 Å². The number of nitrogens with zero attached hydrogens (tertiary/aromatic N) is 2. The van der Waals surface area contributed by atoms with Crippen molar-refractivity contribution < 1.29 is 0 Å². The summed E-state index contributed by atoms with van der Waals surface area (Å²) in [6.45, 7) is 5.31. The smallest absolute Gasteiger partial charge is 0.115 e. The van der Waals surface area contributed by atoms with Gasteiger partial charge in [0.1, 0.15) is 6.33 Å². The van der Waals surface area contributed by atoms with Crippen molar-refractivity contribution >= 4 is 0 Å². The lowest BCUT2D eigenvalue weighted by atomic mass is 10.1. The molecule has 0 aliphatic heterocycles. The molecule has 3 heteroatoms. The van der Waals surface area contributed by atoms with Crippen LogP contribution in [0.4, 0.5) is 0 Å². The lowest BCUT2D eigenvalue weighted by molar-refractivity contribution is 0.484. The molecule has 84 valence electrons. The van der Waals surface area contributed by atoms with E-state index in [9.17, 15) is 0 Å². The predicted octanol–water partition coefficient (Wildman–Crippen LogP) is 2.54. The van der Waals surface area contributed by atoms with E-state index in [-0.39, 0.29) is 0 Å². The normalized spacial score (nSPS) is 12.7. The molecule has 1 unspecified atom stereocenters. The summed E-state index contributed by atoms with van der Waals surface area (Å²) in [5.41, 5.74) is 1.06. The highest BCUT2D eigenvalue weighted by Crippen LogP contribution is 2.03. The minimum Gasteiger partial charge on any atom is -0.309 e. The Morgan fingerprint density at radius 3 is 2.93 bits per heavy atom. The average molecular weight is 207 g/mol. The zero-order chi connectivity index (χ0) is 10.9. The molecule has 0 spiro atoms. The molecule has 1 atom stereocenters. The number of unbranched alkanes of at least 4 members (excludes halogenated alkanes) is 2. The van der Waals surface area contributed by atoms with Crippen LogP contribution in [-0.2, 0) is 6.54 Å². The maximum absolute atomic E-state index is 4.17. The van der Waals surface area contributed by atoms with Gasteiger partial charge in [-0.3, -0.25) is 0 Å². The second-order valence-corrected chi connectivity index (χ2v) is 3.98. The highest BCUT2D eigenvalue weighted by molar-refractivity contribution is 4.97. The van der Waals surface area contributed by atoms with Gasteiger partial charge in [0.2, 0.25) is 0 Å². The first-order valence-electron chi connectivity index (χ1n) is 5.81. The van der Waals surface area contributed by atoms with Crippen molar-refractivity contribution in [3.05, 3.63) is 24.3 Å². The molecule has 0 bridgehead atoms. The van der Waals surface area contributed by atoms with Gasteiger partial charge in [-0.05, 0) is 19.4 Å². The Labute approximate surface area is 92.3 Å². The fourth-order valence-electron chi connectivity index (χ4n) is 1.50. The molecule has 1 aromatic rings. The summed E-state index contributed by atoms with van der Waals surface area (Å²) in [4.78, 5) is 8.07. The van der Waals surface area contributed by atoms with Crippen LogP contribution < -0.4 is 5.32 Å². The van der Waals surface area contributed by atoms with Crippen LogP contribution in [-0.4, -0.2) is 16.0 Å². The standard InChI is InChI=1S/C12H21N3/c1-3-4-5-6-11(2)14-9-12-7-8-13-10-15-12/h7-8,10-11,14H,3-6,9H2,1-2H3. The molecular weight excluding hydrogens is 186 g/mol. The summed E-state index contributed by atoms with van der Waals surface area (Å²) in [6.07, 6.45) is 8.57. The van der Waals surface area contributed by atoms with E-state index in [1.54, 1.807) is 12.5 Å². The summed E-state index contributed by atoms with van der Waals surface area (Å²) >= 11 is 0. The maximum atomic E-state index is 4.17. The molecule has 0 amide bonds. The molecule has 15 heavy (non-hydrogen) atoms. The fourth-order valence-corrected chi connectivity index (χ4v) is 1.50. The van der Waals surface area contributed by atoms with E-state index >= 15 is 0 Å². The van der Waals surface area contributed by atoms with Gasteiger partial charge >= 0.3 is 0 Å². The molecule has 0 aromatic carbocycles. The zero-order valence-electron chi connectivity index (χ0n) is 9.74. The lowest BCUT2D eigenvalue weighted by Crippen LogP contribution is -2.25. The largest absolute Gasteiger partial charge is 0.309 e. The first kappa shape index (κ1) is 12.1. The van der Waals surface area contributed by atoms with E-state index < -0.39 is 0 Å². The van der Waals surface area contributed by atoms with E-state index in [1.807, 2.05) is 6.07 Å². The van der Waals surface area contributed by atoms with Crippen LogP contribution in [0.15, 0.2) is 18.6 Å². The molecule has 1 rings (SSSR count). The van der Waals surface area contributed by atoms with Crippen LogP contribution in [0, 0.1) is 0 Å². The van der Waals surface area contributed by atoms with E-state index in [2.05, 4.69) is 29.1 Å². The van der Waals surface area contributed by atoms with Crippen molar-refractivity contribution in [3.8, 4) is 0 Å². The summed E-state index contributed by atoms with van der Waals surface area (Å²) in [5.74, 6) is 0. The topological polar surface area (TPSA) is 37.8 Å². The number of hydrogen-bond acceptors (Lipinski definition) is 3. The van der Waals surface area contributed by atoms with Crippen molar-refractivity contribution in [1.29, 1.82) is 0 Å². The SMILES string of the molecule is CCCCCC(C)NCc1ccncn1. The third-order valence-electron chi connectivity index (χ3n) is 2.52. The number of rotatable bonds is 7. The van der Waals surface area contributed by atoms with E-state index in [4.69, 9.17) is 0 Å². The van der Waals surface area contributed by atoms with Crippen molar-refractivity contribution in [3.63, 3.8) is 0 Å². The van der Waals surface area contributed by atoms with Crippen molar-refractivity contribution in [1.82, 2.24) is 15.3 Å². The third kappa shape index (κ3) is 5.47. The van der Waals surface area contributed by atoms with Gasteiger partial charge < -0.3 is 5.32 Å². The molecule has 0 saturated carbocycles. The van der Waals surface area contributed by atoms with Gasteiger partial charge in [-0.2, -0.15) is 0 Å². The van der Waals surface area contributed by atoms with E-state index in [0.717, 1.165) is 12.2 Å². The molecule has 0 fully saturated rings. The van der Waals surface area contributed by atoms with E-state index in [0.29, 0.717) is 6.04 Å². The molecule has 1 heterocycles. The average Bonchev–Trinajstić information content (AvgIpc) is 2.28. The Morgan fingerprint density at radius 2 is 2.27 bits per heavy atom. The number of nitrogens with one attached hydrogen (secondary N) is 1. The Morgan fingerprint density at radius 1 is 1.40 bits per heavy atom. The van der Waals surface area contributed by atoms with Crippen LogP contribution >= 0.6 is 0 Å². The Hall–Kier alpha value is -0.960. The molecule has 0 aliphatic rings. The van der Waals surface area contributed by atoms with Crippen molar-refractivity contribution in [2.75, 3.05) is 0 Å². The van der Waals surface area contributed by atoms with Gasteiger partial charge in [-0.1, -0.05) is 26.2 Å². The number of aromatic nitrogens is 2. The molecule has 1 aromatic heterocycles. The number of hydrogen-bond donors (Lipinski definition) is 1. The summed E-state index contributed by atoms with van der Waals surface area (Å²) in [7, 11) is 0. The molecular formula is C12H21N3. The highest BCUT2D eigenvalue weighted by Gasteiger charge is 2.01. The minimum absolute atomic E-state index is 0.575. The van der Waals surface area contributed by atoms with Crippen LogP contribution in [0.1, 0.15) is 45.2 Å². The van der Waals surface area contributed by atoms with Crippen molar-refractivity contribution in [2.24, 2.45) is 0 Å². The second-order valence-electron chi connectivity index (χ2n) is 3.98. The fraction of sp³-hybridized carbons (Fsp3) is 0.667. The van der Waals surface area contributed by atoms with Crippen LogP contribution in [0.3, 0.4) is 0 Å². The van der Waals surface area contributed by atoms with Crippen LogP contribution in [0.5, 0.6) is 0 Å². The van der Waals surface area contributed by atoms with Gasteiger partial charge in [0.15, 0.2) is 0 Å². The quantitative estimate of drug-likeness (QED) is 0.698. The molecule has 3 nitrogen and oxygen atoms in total. The van der Waals surface area contributed by atoms with Crippen LogP contribution in [0.2, 0.25) is 0 Å². The molecule has 0 aliphatic carbocycles. The molecule has 0 radical (unpaired) electrons. The van der Waals surface area contributed by atoms with Crippen molar-refractivity contribution in [2.45, 2.75) is 52.1 Å². The Bertz CT molecular complexity index is 248. The zero-order valence-corrected chi connectivity index (χ0v) is 9.74. The van der Waals surface area contributed by atoms with Crippen LogP contribution in [0.25, 0.3) is 0 Å². The second kappa shape index (κ2) is 7.35. The third-order valence-corrected chi connectivity index (χ3v) is 2.52. The first-order chi connectivity index (χ1) is 7.33. The Kier molecular flexibility index (Phi) is 5.93. The van der Waals surface area contributed by atoms with Gasteiger partial charge in [-0.15, -0.1) is 0 Å². The lowest BCUT2D eigenvalue weighted by Gasteiger charge is -2.12.